The molecule has 1 atom stereocenters. The Morgan fingerprint density at radius 2 is 1.30 bits per heavy atom. The van der Waals surface area contributed by atoms with Crippen LogP contribution in [0.3, 0.4) is 0 Å². The van der Waals surface area contributed by atoms with Crippen LogP contribution in [-0.4, -0.2) is 50.2 Å². The Morgan fingerprint density at radius 1 is 0.783 bits per heavy atom. The maximum Gasteiger partial charge on any atom is 0.0785 e. The normalized spacial score (nSPS) is 17.2. The van der Waals surface area contributed by atoms with Crippen LogP contribution in [0.5, 0.6) is 0 Å². The van der Waals surface area contributed by atoms with Crippen LogP contribution < -0.4 is 0 Å². The number of halogens is 1. The minimum absolute atomic E-state index is 0.375. The summed E-state index contributed by atoms with van der Waals surface area (Å²) < 4.78 is 9.50. The topological polar surface area (TPSA) is 6.48 Å². The van der Waals surface area contributed by atoms with Gasteiger partial charge < -0.3 is 4.90 Å². The molecule has 124 valence electrons. The molecule has 0 saturated carbocycles. The fraction of sp³-hybridized carbons (Fsp3) is 0.400. The van der Waals surface area contributed by atoms with E-state index in [2.05, 4.69) is 78.4 Å². The largest absolute Gasteiger partial charge is 0.304 e. The van der Waals surface area contributed by atoms with Crippen molar-refractivity contribution in [1.29, 1.82) is 0 Å². The fourth-order valence-electron chi connectivity index (χ4n) is 3.08. The highest BCUT2D eigenvalue weighted by molar-refractivity contribution is 5.33. The summed E-state index contributed by atoms with van der Waals surface area (Å²) in [4.78, 5) is 5.02. The zero-order valence-corrected chi connectivity index (χ0v) is 14.4. The van der Waals surface area contributed by atoms with Crippen molar-refractivity contribution in [3.8, 4) is 0 Å². The van der Waals surface area contributed by atoms with Gasteiger partial charge in [0.1, 0.15) is 0 Å². The molecule has 2 aromatic rings. The van der Waals surface area contributed by atoms with Gasteiger partial charge in [0, 0.05) is 26.2 Å². The molecule has 2 nitrogen and oxygen atoms in total. The van der Waals surface area contributed by atoms with E-state index >= 15 is 0 Å². The first-order valence-electron chi connectivity index (χ1n) is 8.16. The van der Waals surface area contributed by atoms with E-state index in [1.165, 1.54) is 16.7 Å². The average Bonchev–Trinajstić information content (AvgIpc) is 2.61. The lowest BCUT2D eigenvalue weighted by Crippen LogP contribution is -2.46. The van der Waals surface area contributed by atoms with Gasteiger partial charge in [0.2, 0.25) is 0 Å². The first-order chi connectivity index (χ1) is 11.2. The molecule has 0 amide bonds. The number of alkyl halides is 1. The van der Waals surface area contributed by atoms with Gasteiger partial charge in [-0.25, -0.2) is 0 Å². The van der Waals surface area contributed by atoms with Crippen molar-refractivity contribution in [3.05, 3.63) is 71.3 Å². The molecule has 0 spiro atoms. The van der Waals surface area contributed by atoms with Gasteiger partial charge in [-0.3, -0.25) is 9.29 Å². The molecule has 0 radical (unpaired) electrons. The second-order valence-corrected chi connectivity index (χ2v) is 6.06. The third-order valence-corrected chi connectivity index (χ3v) is 4.41. The number of likely N-dealkylation sites (N-methyl/N-ethyl adjacent to an activating group) is 1. The SMILES string of the molecule is CF.Cc1ccc(C(c2ccccc2)N2CCN(C)CC2)cc1. The van der Waals surface area contributed by atoms with Crippen molar-refractivity contribution in [2.24, 2.45) is 0 Å². The second kappa shape index (κ2) is 8.80. The van der Waals surface area contributed by atoms with Gasteiger partial charge >= 0.3 is 0 Å². The molecule has 1 aliphatic heterocycles. The second-order valence-electron chi connectivity index (χ2n) is 6.06. The minimum atomic E-state index is 0.375. The van der Waals surface area contributed by atoms with Crippen LogP contribution in [0.2, 0.25) is 0 Å². The quantitative estimate of drug-likeness (QED) is 0.847. The molecule has 1 saturated heterocycles. The molecular formula is C20H27FN2. The first kappa shape index (κ1) is 17.6. The molecule has 23 heavy (non-hydrogen) atoms. The molecule has 0 aliphatic carbocycles. The van der Waals surface area contributed by atoms with E-state index in [9.17, 15) is 4.39 Å². The van der Waals surface area contributed by atoms with Crippen molar-refractivity contribution in [1.82, 2.24) is 9.80 Å². The lowest BCUT2D eigenvalue weighted by molar-refractivity contribution is 0.127. The van der Waals surface area contributed by atoms with Gasteiger partial charge in [-0.2, -0.15) is 0 Å². The molecule has 1 heterocycles. The molecule has 1 fully saturated rings. The predicted octanol–water partition coefficient (Wildman–Crippen LogP) is 3.92. The first-order valence-corrected chi connectivity index (χ1v) is 8.16. The van der Waals surface area contributed by atoms with Crippen LogP contribution in [0, 0.1) is 6.92 Å². The molecule has 1 unspecified atom stereocenters. The van der Waals surface area contributed by atoms with Gasteiger partial charge in [0.15, 0.2) is 0 Å². The standard InChI is InChI=1S/C19H24N2.CH3F/c1-16-8-10-18(11-9-16)19(17-6-4-3-5-7-17)21-14-12-20(2)13-15-21;1-2/h3-11,19H,12-15H2,1-2H3;1H3. The Labute approximate surface area is 139 Å². The number of rotatable bonds is 3. The van der Waals surface area contributed by atoms with E-state index in [0.29, 0.717) is 13.2 Å². The van der Waals surface area contributed by atoms with Crippen molar-refractivity contribution >= 4 is 0 Å². The van der Waals surface area contributed by atoms with E-state index < -0.39 is 0 Å². The van der Waals surface area contributed by atoms with Crippen LogP contribution in [0.15, 0.2) is 54.6 Å². The molecule has 0 N–H and O–H groups in total. The third-order valence-electron chi connectivity index (χ3n) is 4.41. The Kier molecular flexibility index (Phi) is 6.75. The number of piperazine rings is 1. The van der Waals surface area contributed by atoms with Crippen LogP contribution in [0.1, 0.15) is 22.7 Å². The number of hydrogen-bond acceptors (Lipinski definition) is 2. The number of aryl methyl sites for hydroxylation is 1. The lowest BCUT2D eigenvalue weighted by Gasteiger charge is -2.38. The summed E-state index contributed by atoms with van der Waals surface area (Å²) >= 11 is 0. The Morgan fingerprint density at radius 3 is 1.87 bits per heavy atom. The molecule has 1 aliphatic rings. The number of hydrogen-bond donors (Lipinski definition) is 0. The van der Waals surface area contributed by atoms with Crippen LogP contribution in [0.4, 0.5) is 4.39 Å². The van der Waals surface area contributed by atoms with Crippen molar-refractivity contribution in [3.63, 3.8) is 0 Å². The summed E-state index contributed by atoms with van der Waals surface area (Å²) in [5.41, 5.74) is 4.12. The lowest BCUT2D eigenvalue weighted by atomic mass is 9.95. The van der Waals surface area contributed by atoms with E-state index in [0.717, 1.165) is 26.2 Å². The smallest absolute Gasteiger partial charge is 0.0785 e. The summed E-state index contributed by atoms with van der Waals surface area (Å²) in [6.45, 7) is 6.70. The maximum atomic E-state index is 9.50. The van der Waals surface area contributed by atoms with E-state index in [1.54, 1.807) is 0 Å². The van der Waals surface area contributed by atoms with Gasteiger partial charge in [0.05, 0.1) is 13.2 Å². The highest BCUT2D eigenvalue weighted by Crippen LogP contribution is 2.29. The summed E-state index contributed by atoms with van der Waals surface area (Å²) in [5.74, 6) is 0. The van der Waals surface area contributed by atoms with Gasteiger partial charge in [-0.05, 0) is 25.1 Å². The van der Waals surface area contributed by atoms with E-state index in [1.807, 2.05) is 0 Å². The zero-order valence-electron chi connectivity index (χ0n) is 14.4. The van der Waals surface area contributed by atoms with Crippen molar-refractivity contribution in [2.75, 3.05) is 40.4 Å². The number of benzene rings is 2. The summed E-state index contributed by atoms with van der Waals surface area (Å²) in [6, 6.07) is 20.3. The van der Waals surface area contributed by atoms with Gasteiger partial charge in [-0.1, -0.05) is 60.2 Å². The molecule has 3 heteroatoms. The average molecular weight is 314 g/mol. The summed E-state index contributed by atoms with van der Waals surface area (Å²) in [6.07, 6.45) is 0. The van der Waals surface area contributed by atoms with Crippen LogP contribution in [0.25, 0.3) is 0 Å². The molecule has 2 aromatic carbocycles. The fourth-order valence-corrected chi connectivity index (χ4v) is 3.08. The van der Waals surface area contributed by atoms with E-state index in [4.69, 9.17) is 0 Å². The predicted molar refractivity (Wildman–Crippen MR) is 95.6 cm³/mol. The zero-order chi connectivity index (χ0) is 16.7. The monoisotopic (exact) mass is 314 g/mol. The van der Waals surface area contributed by atoms with Gasteiger partial charge in [-0.15, -0.1) is 0 Å². The Bertz CT molecular complexity index is 560. The molecular weight excluding hydrogens is 287 g/mol. The minimum Gasteiger partial charge on any atom is -0.304 e. The third kappa shape index (κ3) is 4.63. The summed E-state index contributed by atoms with van der Waals surface area (Å²) in [7, 11) is 2.71. The molecule has 0 bridgehead atoms. The van der Waals surface area contributed by atoms with Crippen LogP contribution in [-0.2, 0) is 0 Å². The van der Waals surface area contributed by atoms with Crippen molar-refractivity contribution in [2.45, 2.75) is 13.0 Å². The Hall–Kier alpha value is -1.71. The Balaban J connectivity index is 0.000000924. The molecule has 3 rings (SSSR count). The maximum absolute atomic E-state index is 9.50. The van der Waals surface area contributed by atoms with E-state index in [-0.39, 0.29) is 0 Å². The van der Waals surface area contributed by atoms with Crippen molar-refractivity contribution < 1.29 is 4.39 Å². The molecule has 0 aromatic heterocycles. The van der Waals surface area contributed by atoms with Crippen LogP contribution >= 0.6 is 0 Å². The highest BCUT2D eigenvalue weighted by atomic mass is 19.1. The summed E-state index contributed by atoms with van der Waals surface area (Å²) in [5, 5.41) is 0. The van der Waals surface area contributed by atoms with Gasteiger partial charge in [0.25, 0.3) is 0 Å². The number of nitrogens with zero attached hydrogens (tertiary/aromatic N) is 2. The highest BCUT2D eigenvalue weighted by Gasteiger charge is 2.25.